The van der Waals surface area contributed by atoms with Crippen molar-refractivity contribution in [3.63, 3.8) is 0 Å². The van der Waals surface area contributed by atoms with Crippen LogP contribution in [0.25, 0.3) is 0 Å². The van der Waals surface area contributed by atoms with Gasteiger partial charge in [-0.25, -0.2) is 4.79 Å². The molecule has 1 spiro atoms. The van der Waals surface area contributed by atoms with E-state index in [1.807, 2.05) is 18.2 Å². The highest BCUT2D eigenvalue weighted by Gasteiger charge is 2.55. The van der Waals surface area contributed by atoms with E-state index in [2.05, 4.69) is 30.1 Å². The smallest absolute Gasteiger partial charge is 0.327 e. The molecule has 2 aliphatic rings. The highest BCUT2D eigenvalue weighted by molar-refractivity contribution is 6.08. The predicted molar refractivity (Wildman–Crippen MR) is 116 cm³/mol. The van der Waals surface area contributed by atoms with E-state index in [1.165, 1.54) is 5.56 Å². The molecule has 1 aliphatic heterocycles. The van der Waals surface area contributed by atoms with Crippen LogP contribution < -0.4 is 5.32 Å². The van der Waals surface area contributed by atoms with Gasteiger partial charge in [0.25, 0.3) is 5.91 Å². The van der Waals surface area contributed by atoms with Crippen molar-refractivity contribution in [2.24, 2.45) is 0 Å². The number of carbonyl (C=O) groups excluding carboxylic acids is 3. The predicted octanol–water partition coefficient (Wildman–Crippen LogP) is 2.74. The zero-order chi connectivity index (χ0) is 21.7. The Balaban J connectivity index is 1.62. The number of carbonyl (C=O) groups is 3. The fourth-order valence-electron chi connectivity index (χ4n) is 4.64. The summed E-state index contributed by atoms with van der Waals surface area (Å²) in [7, 11) is 1.69. The second-order valence-electron chi connectivity index (χ2n) is 8.33. The first-order valence-electron chi connectivity index (χ1n) is 11.1. The molecule has 1 N–H and O–H groups in total. The van der Waals surface area contributed by atoms with Crippen molar-refractivity contribution in [1.29, 1.82) is 0 Å². The summed E-state index contributed by atoms with van der Waals surface area (Å²) in [5.74, 6) is -0.526. The van der Waals surface area contributed by atoms with Crippen molar-refractivity contribution < 1.29 is 14.4 Å². The van der Waals surface area contributed by atoms with Crippen molar-refractivity contribution >= 4 is 17.8 Å². The number of urea groups is 1. The number of likely N-dealkylation sites (N-methyl/N-ethyl adjacent to an activating group) is 1. The molecule has 7 nitrogen and oxygen atoms in total. The molecule has 164 valence electrons. The maximum atomic E-state index is 13.0. The minimum absolute atomic E-state index is 0.216. The standard InChI is InChI=1S/C23H34N4O3/c1-4-26(5-2)16-19-12-8-7-11-18(19)15-24-20(28)17-27-21(29)23(25(3)22(27)30)13-9-6-10-14-23/h7-8,11-12H,4-6,9-10,13-17H2,1-3H3,(H,24,28). The van der Waals surface area contributed by atoms with Gasteiger partial charge in [0, 0.05) is 20.1 Å². The summed E-state index contributed by atoms with van der Waals surface area (Å²) in [5, 5.41) is 2.90. The van der Waals surface area contributed by atoms with Gasteiger partial charge in [-0.05, 0) is 37.1 Å². The lowest BCUT2D eigenvalue weighted by molar-refractivity contribution is -0.137. The Morgan fingerprint density at radius 3 is 2.33 bits per heavy atom. The Bertz CT molecular complexity index is 784. The second kappa shape index (κ2) is 9.60. The van der Waals surface area contributed by atoms with Crippen LogP contribution in [0.5, 0.6) is 0 Å². The van der Waals surface area contributed by atoms with E-state index in [4.69, 9.17) is 0 Å². The van der Waals surface area contributed by atoms with Crippen LogP contribution in [0.15, 0.2) is 24.3 Å². The summed E-state index contributed by atoms with van der Waals surface area (Å²) in [6.07, 6.45) is 4.33. The van der Waals surface area contributed by atoms with E-state index in [9.17, 15) is 14.4 Å². The lowest BCUT2D eigenvalue weighted by atomic mass is 9.81. The van der Waals surface area contributed by atoms with Crippen molar-refractivity contribution in [2.75, 3.05) is 26.7 Å². The number of hydrogen-bond acceptors (Lipinski definition) is 4. The molecule has 7 heteroatoms. The van der Waals surface area contributed by atoms with Crippen molar-refractivity contribution in [3.05, 3.63) is 35.4 Å². The molecule has 0 radical (unpaired) electrons. The molecule has 30 heavy (non-hydrogen) atoms. The van der Waals surface area contributed by atoms with E-state index < -0.39 is 5.54 Å². The number of nitrogens with zero attached hydrogens (tertiary/aromatic N) is 3. The Morgan fingerprint density at radius 1 is 1.07 bits per heavy atom. The molecule has 0 aromatic heterocycles. The molecular formula is C23H34N4O3. The molecule has 1 aromatic carbocycles. The van der Waals surface area contributed by atoms with Crippen molar-refractivity contribution in [3.8, 4) is 0 Å². The average molecular weight is 415 g/mol. The third-order valence-corrected chi connectivity index (χ3v) is 6.67. The lowest BCUT2D eigenvalue weighted by Gasteiger charge is -2.35. The van der Waals surface area contributed by atoms with Gasteiger partial charge in [-0.1, -0.05) is 57.4 Å². The number of hydrogen-bond donors (Lipinski definition) is 1. The molecule has 1 saturated heterocycles. The largest absolute Gasteiger partial charge is 0.350 e. The third kappa shape index (κ3) is 4.36. The van der Waals surface area contributed by atoms with Crippen LogP contribution in [0.3, 0.4) is 0 Å². The van der Waals surface area contributed by atoms with Gasteiger partial charge in [0.15, 0.2) is 0 Å². The zero-order valence-corrected chi connectivity index (χ0v) is 18.4. The van der Waals surface area contributed by atoms with Gasteiger partial charge < -0.3 is 10.2 Å². The van der Waals surface area contributed by atoms with Gasteiger partial charge >= 0.3 is 6.03 Å². The molecule has 4 amide bonds. The van der Waals surface area contributed by atoms with Crippen LogP contribution in [0.1, 0.15) is 57.1 Å². The molecule has 1 aromatic rings. The van der Waals surface area contributed by atoms with Crippen molar-refractivity contribution in [2.45, 2.75) is 64.6 Å². The molecular weight excluding hydrogens is 380 g/mol. The van der Waals surface area contributed by atoms with E-state index >= 15 is 0 Å². The van der Waals surface area contributed by atoms with Crippen LogP contribution in [-0.4, -0.2) is 64.8 Å². The Hall–Kier alpha value is -2.41. The van der Waals surface area contributed by atoms with Crippen LogP contribution in [-0.2, 0) is 22.7 Å². The quantitative estimate of drug-likeness (QED) is 0.664. The number of benzene rings is 1. The van der Waals surface area contributed by atoms with Gasteiger partial charge in [-0.15, -0.1) is 0 Å². The van der Waals surface area contributed by atoms with Crippen molar-refractivity contribution in [1.82, 2.24) is 20.0 Å². The first-order chi connectivity index (χ1) is 14.4. The minimum atomic E-state index is -0.744. The first-order valence-corrected chi connectivity index (χ1v) is 11.1. The fraction of sp³-hybridized carbons (Fsp3) is 0.609. The maximum Gasteiger partial charge on any atom is 0.327 e. The van der Waals surface area contributed by atoms with Gasteiger partial charge in [-0.2, -0.15) is 0 Å². The number of rotatable bonds is 8. The lowest BCUT2D eigenvalue weighted by Crippen LogP contribution is -2.49. The number of nitrogens with one attached hydrogen (secondary N) is 1. The highest BCUT2D eigenvalue weighted by Crippen LogP contribution is 2.39. The fourth-order valence-corrected chi connectivity index (χ4v) is 4.64. The van der Waals surface area contributed by atoms with Gasteiger partial charge in [0.1, 0.15) is 12.1 Å². The molecule has 0 atom stereocenters. The van der Waals surface area contributed by atoms with E-state index in [-0.39, 0.29) is 24.4 Å². The van der Waals surface area contributed by atoms with Crippen LogP contribution in [0, 0.1) is 0 Å². The van der Waals surface area contributed by atoms with Gasteiger partial charge in [0.2, 0.25) is 5.91 Å². The molecule has 1 heterocycles. The Labute approximate surface area is 179 Å². The molecule has 1 saturated carbocycles. The first kappa shape index (κ1) is 22.3. The second-order valence-corrected chi connectivity index (χ2v) is 8.33. The molecule has 3 rings (SSSR count). The SMILES string of the molecule is CCN(CC)Cc1ccccc1CNC(=O)CN1C(=O)N(C)C2(CCCCC2)C1=O. The number of amides is 4. The van der Waals surface area contributed by atoms with Crippen LogP contribution in [0.4, 0.5) is 4.79 Å². The summed E-state index contributed by atoms with van der Waals surface area (Å²) < 4.78 is 0. The summed E-state index contributed by atoms with van der Waals surface area (Å²) in [6.45, 7) is 7.18. The van der Waals surface area contributed by atoms with Gasteiger partial charge in [-0.3, -0.25) is 19.4 Å². The summed E-state index contributed by atoms with van der Waals surface area (Å²) in [5.41, 5.74) is 1.49. The summed E-state index contributed by atoms with van der Waals surface area (Å²) in [6, 6.07) is 7.69. The third-order valence-electron chi connectivity index (χ3n) is 6.67. The molecule has 0 bridgehead atoms. The number of imide groups is 1. The van der Waals surface area contributed by atoms with Crippen LogP contribution in [0.2, 0.25) is 0 Å². The monoisotopic (exact) mass is 414 g/mol. The minimum Gasteiger partial charge on any atom is -0.350 e. The van der Waals surface area contributed by atoms with E-state index in [1.54, 1.807) is 11.9 Å². The molecule has 0 unspecified atom stereocenters. The Kier molecular flexibility index (Phi) is 7.13. The summed E-state index contributed by atoms with van der Waals surface area (Å²) in [4.78, 5) is 43.3. The summed E-state index contributed by atoms with van der Waals surface area (Å²) >= 11 is 0. The van der Waals surface area contributed by atoms with E-state index in [0.717, 1.165) is 49.4 Å². The maximum absolute atomic E-state index is 13.0. The average Bonchev–Trinajstić information content (AvgIpc) is 2.93. The zero-order valence-electron chi connectivity index (χ0n) is 18.4. The van der Waals surface area contributed by atoms with Gasteiger partial charge in [0.05, 0.1) is 0 Å². The van der Waals surface area contributed by atoms with E-state index in [0.29, 0.717) is 19.4 Å². The normalized spacial score (nSPS) is 18.5. The van der Waals surface area contributed by atoms with Crippen LogP contribution >= 0.6 is 0 Å². The molecule has 1 aliphatic carbocycles. The molecule has 2 fully saturated rings. The highest BCUT2D eigenvalue weighted by atomic mass is 16.2. The Morgan fingerprint density at radius 2 is 1.70 bits per heavy atom. The topological polar surface area (TPSA) is 73.0 Å².